The van der Waals surface area contributed by atoms with Crippen LogP contribution < -0.4 is 0 Å². The van der Waals surface area contributed by atoms with E-state index in [1.165, 1.54) is 0 Å². The van der Waals surface area contributed by atoms with Crippen molar-refractivity contribution in [1.29, 1.82) is 0 Å². The zero-order valence-electron chi connectivity index (χ0n) is 4.83. The van der Waals surface area contributed by atoms with Crippen LogP contribution in [-0.4, -0.2) is 29.4 Å². The molecule has 52 valence electrons. The first kappa shape index (κ1) is 7.97. The molecule has 0 radical (unpaired) electrons. The molecule has 2 N–H and O–H groups in total. The van der Waals surface area contributed by atoms with Crippen LogP contribution in [0.15, 0.2) is 12.3 Å². The Bertz CT molecular complexity index is 118. The molecule has 0 aliphatic carbocycles. The fraction of sp³-hybridized carbons (Fsp3) is 0.400. The number of rotatable bonds is 3. The van der Waals surface area contributed by atoms with Crippen LogP contribution in [0.2, 0.25) is 0 Å². The third kappa shape index (κ3) is 3.54. The van der Waals surface area contributed by atoms with Gasteiger partial charge in [-0.1, -0.05) is 0 Å². The summed E-state index contributed by atoms with van der Waals surface area (Å²) in [6, 6.07) is 0. The molecule has 0 aliphatic heterocycles. The van der Waals surface area contributed by atoms with Crippen molar-refractivity contribution in [2.24, 2.45) is 0 Å². The summed E-state index contributed by atoms with van der Waals surface area (Å²) in [4.78, 5) is 10.2. The number of hydrogen-bond donors (Lipinski definition) is 2. The molecule has 0 heterocycles. The molecule has 4 nitrogen and oxygen atoms in total. The maximum Gasteiger partial charge on any atom is 0.372 e. The van der Waals surface area contributed by atoms with E-state index in [1.807, 2.05) is 0 Å². The van der Waals surface area contributed by atoms with Gasteiger partial charge < -0.3 is 14.9 Å². The number of aliphatic hydroxyl groups excluding tert-OH is 2. The Labute approximate surface area is 52.4 Å². The Hall–Kier alpha value is -1.03. The van der Waals surface area contributed by atoms with Crippen molar-refractivity contribution in [2.75, 3.05) is 13.2 Å². The van der Waals surface area contributed by atoms with E-state index in [0.29, 0.717) is 0 Å². The number of carbonyl (C=O) groups excluding carboxylic acids is 1. The minimum atomic E-state index is -0.899. The van der Waals surface area contributed by atoms with Crippen molar-refractivity contribution in [3.05, 3.63) is 12.3 Å². The van der Waals surface area contributed by atoms with Gasteiger partial charge in [-0.15, -0.1) is 0 Å². The summed E-state index contributed by atoms with van der Waals surface area (Å²) in [5.74, 6) is -1.55. The van der Waals surface area contributed by atoms with Crippen molar-refractivity contribution in [2.45, 2.75) is 0 Å². The van der Waals surface area contributed by atoms with Crippen molar-refractivity contribution in [1.82, 2.24) is 0 Å². The number of hydrogen-bond acceptors (Lipinski definition) is 4. The standard InChI is InChI=1S/C5H8O4/c1-4(7)5(8)9-3-2-6/h6-7H,1-3H2. The van der Waals surface area contributed by atoms with Gasteiger partial charge in [0, 0.05) is 0 Å². The fourth-order valence-corrected chi connectivity index (χ4v) is 0.222. The second kappa shape index (κ2) is 3.91. The van der Waals surface area contributed by atoms with E-state index in [9.17, 15) is 4.79 Å². The van der Waals surface area contributed by atoms with E-state index in [0.717, 1.165) is 0 Å². The Morgan fingerprint density at radius 3 is 2.56 bits per heavy atom. The van der Waals surface area contributed by atoms with Crippen molar-refractivity contribution in [3.63, 3.8) is 0 Å². The van der Waals surface area contributed by atoms with Crippen LogP contribution in [0.4, 0.5) is 0 Å². The summed E-state index contributed by atoms with van der Waals surface area (Å²) in [6.45, 7) is 2.54. The third-order valence-electron chi connectivity index (χ3n) is 0.560. The zero-order chi connectivity index (χ0) is 7.28. The summed E-state index contributed by atoms with van der Waals surface area (Å²) in [7, 11) is 0. The second-order valence-corrected chi connectivity index (χ2v) is 1.31. The first-order chi connectivity index (χ1) is 4.18. The Balaban J connectivity index is 3.39. The average Bonchev–Trinajstić information content (AvgIpc) is 1.82. The van der Waals surface area contributed by atoms with Crippen LogP contribution in [0.1, 0.15) is 0 Å². The largest absolute Gasteiger partial charge is 0.502 e. The van der Waals surface area contributed by atoms with E-state index in [1.54, 1.807) is 0 Å². The van der Waals surface area contributed by atoms with Crippen LogP contribution in [0.3, 0.4) is 0 Å². The van der Waals surface area contributed by atoms with E-state index in [4.69, 9.17) is 10.2 Å². The van der Waals surface area contributed by atoms with Gasteiger partial charge in [0.15, 0.2) is 5.76 Å². The smallest absolute Gasteiger partial charge is 0.372 e. The molecular formula is C5H8O4. The SMILES string of the molecule is C=C(O)C(=O)OCCO. The van der Waals surface area contributed by atoms with Gasteiger partial charge in [-0.25, -0.2) is 4.79 Å². The van der Waals surface area contributed by atoms with Gasteiger partial charge in [-0.05, 0) is 6.58 Å². The molecule has 0 atom stereocenters. The van der Waals surface area contributed by atoms with Crippen LogP contribution >= 0.6 is 0 Å². The number of ether oxygens (including phenoxy) is 1. The minimum Gasteiger partial charge on any atom is -0.502 e. The Morgan fingerprint density at radius 1 is 1.67 bits per heavy atom. The van der Waals surface area contributed by atoms with Gasteiger partial charge in [0.05, 0.1) is 6.61 Å². The van der Waals surface area contributed by atoms with Gasteiger partial charge in [-0.2, -0.15) is 0 Å². The summed E-state index contributed by atoms with van der Waals surface area (Å²) in [5, 5.41) is 16.4. The molecule has 0 saturated carbocycles. The molecule has 0 spiro atoms. The molecule has 0 amide bonds. The van der Waals surface area contributed by atoms with Crippen LogP contribution in [0.5, 0.6) is 0 Å². The number of carbonyl (C=O) groups is 1. The first-order valence-electron chi connectivity index (χ1n) is 2.34. The molecule has 0 unspecified atom stereocenters. The van der Waals surface area contributed by atoms with Gasteiger partial charge in [-0.3, -0.25) is 0 Å². The molecule has 0 bridgehead atoms. The topological polar surface area (TPSA) is 66.8 Å². The maximum atomic E-state index is 10.2. The zero-order valence-corrected chi connectivity index (χ0v) is 4.83. The van der Waals surface area contributed by atoms with E-state index < -0.39 is 11.7 Å². The molecule has 4 heteroatoms. The molecule has 0 aromatic carbocycles. The Morgan fingerprint density at radius 2 is 2.22 bits per heavy atom. The van der Waals surface area contributed by atoms with Crippen molar-refractivity contribution in [3.8, 4) is 0 Å². The first-order valence-corrected chi connectivity index (χ1v) is 2.34. The third-order valence-corrected chi connectivity index (χ3v) is 0.560. The van der Waals surface area contributed by atoms with Gasteiger partial charge in [0.25, 0.3) is 0 Å². The molecule has 0 aromatic heterocycles. The molecule has 0 aromatic rings. The Kier molecular flexibility index (Phi) is 3.46. The average molecular weight is 132 g/mol. The van der Waals surface area contributed by atoms with Crippen LogP contribution in [0.25, 0.3) is 0 Å². The highest BCUT2D eigenvalue weighted by atomic mass is 16.6. The van der Waals surface area contributed by atoms with Crippen molar-refractivity contribution < 1.29 is 19.7 Å². The molecule has 0 rings (SSSR count). The van der Waals surface area contributed by atoms with Gasteiger partial charge in [0.2, 0.25) is 0 Å². The number of aliphatic hydroxyl groups is 2. The highest BCUT2D eigenvalue weighted by molar-refractivity contribution is 5.84. The van der Waals surface area contributed by atoms with Crippen LogP contribution in [0, 0.1) is 0 Å². The number of esters is 1. The maximum absolute atomic E-state index is 10.2. The minimum absolute atomic E-state index is 0.113. The van der Waals surface area contributed by atoms with Gasteiger partial charge >= 0.3 is 5.97 Å². The second-order valence-electron chi connectivity index (χ2n) is 1.31. The predicted molar refractivity (Wildman–Crippen MR) is 29.8 cm³/mol. The predicted octanol–water partition coefficient (Wildman–Crippen LogP) is -0.406. The molecule has 9 heavy (non-hydrogen) atoms. The molecular weight excluding hydrogens is 124 g/mol. The summed E-state index contributed by atoms with van der Waals surface area (Å²) in [6.07, 6.45) is 0. The van der Waals surface area contributed by atoms with Gasteiger partial charge in [0.1, 0.15) is 6.61 Å². The monoisotopic (exact) mass is 132 g/mol. The van der Waals surface area contributed by atoms with E-state index in [-0.39, 0.29) is 13.2 Å². The quantitative estimate of drug-likeness (QED) is 0.311. The lowest BCUT2D eigenvalue weighted by Gasteiger charge is -1.98. The lowest BCUT2D eigenvalue weighted by atomic mass is 10.6. The molecule has 0 saturated heterocycles. The van der Waals surface area contributed by atoms with E-state index >= 15 is 0 Å². The highest BCUT2D eigenvalue weighted by Crippen LogP contribution is 1.86. The van der Waals surface area contributed by atoms with Crippen molar-refractivity contribution >= 4 is 5.97 Å². The normalized spacial score (nSPS) is 8.56. The summed E-state index contributed by atoms with van der Waals surface area (Å²) < 4.78 is 4.21. The lowest BCUT2D eigenvalue weighted by molar-refractivity contribution is -0.142. The lowest BCUT2D eigenvalue weighted by Crippen LogP contribution is -2.09. The molecule has 0 fully saturated rings. The molecule has 0 aliphatic rings. The fourth-order valence-electron chi connectivity index (χ4n) is 0.222. The van der Waals surface area contributed by atoms with Crippen LogP contribution in [-0.2, 0) is 9.53 Å². The highest BCUT2D eigenvalue weighted by Gasteiger charge is 2.03. The summed E-state index contributed by atoms with van der Waals surface area (Å²) in [5.41, 5.74) is 0. The summed E-state index contributed by atoms with van der Waals surface area (Å²) >= 11 is 0. The van der Waals surface area contributed by atoms with E-state index in [2.05, 4.69) is 11.3 Å².